The molecule has 1 heterocycles. The molecule has 1 nitrogen and oxygen atoms in total. The molecule has 3 aliphatic carbocycles. The first kappa shape index (κ1) is 41.2. The van der Waals surface area contributed by atoms with E-state index in [4.69, 9.17) is 0 Å². The highest BCUT2D eigenvalue weighted by Gasteiger charge is 2.52. The number of hydrogen-bond donors (Lipinski definition) is 0. The Hall–Kier alpha value is -8.56. The lowest BCUT2D eigenvalue weighted by atomic mass is 9.70. The largest absolute Gasteiger partial charge is 0.310 e. The molecule has 0 aromatic heterocycles. The summed E-state index contributed by atoms with van der Waals surface area (Å²) in [5.74, 6) is 0. The SMILES string of the molecule is CC1(C)c2ccccc2-c2ccc(-c3ccc(N(c4cccc([Si]5(c6ccccc6)c6ccccc6-c6ccccc65)c4)c4ccc5c(c4)-c4ccccc4C54c5ccccc5-c5ccccc54)cc3)cc21. The molecule has 1 aliphatic heterocycles. The minimum Gasteiger partial charge on any atom is -0.310 e. The molecule has 11 aromatic carbocycles. The van der Waals surface area contributed by atoms with Crippen molar-refractivity contribution in [1.29, 1.82) is 0 Å². The van der Waals surface area contributed by atoms with E-state index < -0.39 is 13.5 Å². The van der Waals surface area contributed by atoms with Gasteiger partial charge in [0.25, 0.3) is 0 Å². The van der Waals surface area contributed by atoms with Crippen molar-refractivity contribution in [3.05, 3.63) is 294 Å². The van der Waals surface area contributed by atoms with Gasteiger partial charge < -0.3 is 4.90 Å². The molecule has 338 valence electrons. The molecule has 4 aliphatic rings. The molecule has 15 rings (SSSR count). The quantitative estimate of drug-likeness (QED) is 0.150. The van der Waals surface area contributed by atoms with Crippen LogP contribution in [0.3, 0.4) is 0 Å². The Morgan fingerprint density at radius 3 is 1.35 bits per heavy atom. The molecule has 0 fully saturated rings. The van der Waals surface area contributed by atoms with Gasteiger partial charge in [-0.25, -0.2) is 0 Å². The van der Waals surface area contributed by atoms with Crippen molar-refractivity contribution in [2.24, 2.45) is 0 Å². The molecule has 0 N–H and O–H groups in total. The average molecular weight is 932 g/mol. The number of nitrogens with zero attached hydrogens (tertiary/aromatic N) is 1. The molecule has 0 unspecified atom stereocenters. The van der Waals surface area contributed by atoms with Crippen LogP contribution in [0, 0.1) is 0 Å². The van der Waals surface area contributed by atoms with E-state index in [2.05, 4.69) is 280 Å². The van der Waals surface area contributed by atoms with Crippen molar-refractivity contribution in [1.82, 2.24) is 0 Å². The number of anilines is 3. The van der Waals surface area contributed by atoms with E-state index in [9.17, 15) is 0 Å². The average Bonchev–Trinajstić information content (AvgIpc) is 4.10. The fourth-order valence-corrected chi connectivity index (χ4v) is 19.2. The van der Waals surface area contributed by atoms with Crippen LogP contribution in [-0.4, -0.2) is 8.07 Å². The van der Waals surface area contributed by atoms with Gasteiger partial charge >= 0.3 is 0 Å². The van der Waals surface area contributed by atoms with Crippen LogP contribution >= 0.6 is 0 Å². The summed E-state index contributed by atoms with van der Waals surface area (Å²) in [7, 11) is -2.78. The third-order valence-electron chi connectivity index (χ3n) is 17.0. The standard InChI is InChI=1S/C70H49NSi/c1-69(2)61-29-12-6-23-53(61)57-41-37-47(43-66(57)69)46-35-38-48(39-36-46)71(49-19-18-22-52(44-49)72(51-20-4-3-5-21-51)67-33-16-10-27-58(67)59-28-11-17-34-68(59)72)50-40-42-65-60(45-50)56-26-9-15-32-64(56)70(65)62-30-13-7-24-54(62)55-25-8-14-31-63(55)70/h3-45H,1-2H3. The van der Waals surface area contributed by atoms with Gasteiger partial charge in [-0.05, 0) is 152 Å². The van der Waals surface area contributed by atoms with Crippen molar-refractivity contribution in [3.8, 4) is 55.6 Å². The highest BCUT2D eigenvalue weighted by molar-refractivity contribution is 7.22. The van der Waals surface area contributed by atoms with Gasteiger partial charge in [0.2, 0.25) is 0 Å². The van der Waals surface area contributed by atoms with Gasteiger partial charge in [0.15, 0.2) is 8.07 Å². The highest BCUT2D eigenvalue weighted by Crippen LogP contribution is 2.63. The summed E-state index contributed by atoms with van der Waals surface area (Å²) in [5, 5.41) is 5.66. The van der Waals surface area contributed by atoms with Crippen molar-refractivity contribution in [2.75, 3.05) is 4.90 Å². The molecule has 1 spiro atoms. The summed E-state index contributed by atoms with van der Waals surface area (Å²) in [4.78, 5) is 2.51. The highest BCUT2D eigenvalue weighted by atomic mass is 28.3. The first-order chi connectivity index (χ1) is 35.5. The Labute approximate surface area is 423 Å². The van der Waals surface area contributed by atoms with E-state index in [1.165, 1.54) is 110 Å². The van der Waals surface area contributed by atoms with Crippen LogP contribution in [0.2, 0.25) is 0 Å². The Morgan fingerprint density at radius 2 is 0.722 bits per heavy atom. The molecular formula is C70H49NSi. The Kier molecular flexibility index (Phi) is 8.72. The lowest BCUT2D eigenvalue weighted by Gasteiger charge is -2.33. The van der Waals surface area contributed by atoms with Crippen molar-refractivity contribution < 1.29 is 0 Å². The minimum atomic E-state index is -2.78. The predicted molar refractivity (Wildman–Crippen MR) is 303 cm³/mol. The van der Waals surface area contributed by atoms with Gasteiger partial charge in [-0.3, -0.25) is 0 Å². The summed E-state index contributed by atoms with van der Waals surface area (Å²) < 4.78 is 0. The van der Waals surface area contributed by atoms with E-state index in [0.717, 1.165) is 17.1 Å². The van der Waals surface area contributed by atoms with E-state index in [-0.39, 0.29) is 5.41 Å². The smallest absolute Gasteiger partial charge is 0.180 e. The van der Waals surface area contributed by atoms with Gasteiger partial charge in [0.1, 0.15) is 0 Å². The summed E-state index contributed by atoms with van der Waals surface area (Å²) in [6.07, 6.45) is 0. The van der Waals surface area contributed by atoms with Crippen molar-refractivity contribution in [3.63, 3.8) is 0 Å². The summed E-state index contributed by atoms with van der Waals surface area (Å²) >= 11 is 0. The van der Waals surface area contributed by atoms with E-state index in [1.54, 1.807) is 0 Å². The van der Waals surface area contributed by atoms with E-state index in [0.29, 0.717) is 0 Å². The molecule has 0 radical (unpaired) electrons. The second-order valence-corrected chi connectivity index (χ2v) is 24.4. The van der Waals surface area contributed by atoms with Crippen LogP contribution in [-0.2, 0) is 10.8 Å². The number of hydrogen-bond acceptors (Lipinski definition) is 1. The van der Waals surface area contributed by atoms with Crippen LogP contribution in [0.25, 0.3) is 55.6 Å². The van der Waals surface area contributed by atoms with Crippen LogP contribution < -0.4 is 25.6 Å². The Bertz CT molecular complexity index is 3940. The molecule has 0 saturated carbocycles. The van der Waals surface area contributed by atoms with Gasteiger partial charge in [-0.2, -0.15) is 0 Å². The van der Waals surface area contributed by atoms with Gasteiger partial charge in [0.05, 0.1) is 5.41 Å². The number of rotatable bonds is 6. The fraction of sp³-hybridized carbons (Fsp3) is 0.0571. The summed E-state index contributed by atoms with van der Waals surface area (Å²) in [6, 6.07) is 99.3. The molecule has 0 saturated heterocycles. The second-order valence-electron chi connectivity index (χ2n) is 20.7. The van der Waals surface area contributed by atoms with Crippen LogP contribution in [0.5, 0.6) is 0 Å². The lowest BCUT2D eigenvalue weighted by Crippen LogP contribution is -2.72. The molecule has 0 amide bonds. The zero-order valence-electron chi connectivity index (χ0n) is 40.3. The van der Waals surface area contributed by atoms with Gasteiger partial charge in [-0.1, -0.05) is 232 Å². The van der Waals surface area contributed by atoms with Crippen LogP contribution in [0.1, 0.15) is 47.2 Å². The topological polar surface area (TPSA) is 3.24 Å². The second kappa shape index (κ2) is 15.2. The minimum absolute atomic E-state index is 0.0715. The lowest BCUT2D eigenvalue weighted by molar-refractivity contribution is 0.660. The maximum atomic E-state index is 2.53. The fourth-order valence-electron chi connectivity index (χ4n) is 14.0. The Morgan fingerprint density at radius 1 is 0.278 bits per heavy atom. The molecule has 0 bridgehead atoms. The molecular weight excluding hydrogens is 883 g/mol. The molecule has 2 heteroatoms. The maximum Gasteiger partial charge on any atom is 0.180 e. The monoisotopic (exact) mass is 931 g/mol. The summed E-state index contributed by atoms with van der Waals surface area (Å²) in [6.45, 7) is 4.73. The Balaban J connectivity index is 0.936. The van der Waals surface area contributed by atoms with Crippen molar-refractivity contribution >= 4 is 45.9 Å². The number of benzene rings is 11. The van der Waals surface area contributed by atoms with Crippen LogP contribution in [0.4, 0.5) is 17.1 Å². The molecule has 0 atom stereocenters. The maximum absolute atomic E-state index is 2.78. The third kappa shape index (κ3) is 5.42. The predicted octanol–water partition coefficient (Wildman–Crippen LogP) is 14.8. The van der Waals surface area contributed by atoms with Gasteiger partial charge in [-0.15, -0.1) is 0 Å². The van der Waals surface area contributed by atoms with Gasteiger partial charge in [0, 0.05) is 22.5 Å². The first-order valence-corrected chi connectivity index (χ1v) is 27.4. The van der Waals surface area contributed by atoms with E-state index >= 15 is 0 Å². The zero-order valence-corrected chi connectivity index (χ0v) is 41.3. The summed E-state index contributed by atoms with van der Waals surface area (Å²) in [5.41, 5.74) is 24.1. The van der Waals surface area contributed by atoms with Crippen LogP contribution in [0.15, 0.2) is 261 Å². The third-order valence-corrected chi connectivity index (χ3v) is 21.8. The van der Waals surface area contributed by atoms with E-state index in [1.807, 2.05) is 0 Å². The number of fused-ring (bicyclic) bond motifs is 16. The normalized spacial score (nSPS) is 14.9. The first-order valence-electron chi connectivity index (χ1n) is 25.4. The zero-order chi connectivity index (χ0) is 47.8. The molecule has 11 aromatic rings. The van der Waals surface area contributed by atoms with Crippen molar-refractivity contribution in [2.45, 2.75) is 24.7 Å². The molecule has 72 heavy (non-hydrogen) atoms.